The Kier molecular flexibility index (Phi) is 10.7. The van der Waals surface area contributed by atoms with Gasteiger partial charge < -0.3 is 20.1 Å². The van der Waals surface area contributed by atoms with E-state index in [1.807, 2.05) is 16.8 Å². The molecule has 0 aliphatic carbocycles. The summed E-state index contributed by atoms with van der Waals surface area (Å²) in [4.78, 5) is 9.20. The minimum Gasteiger partial charge on any atom is -0.486 e. The summed E-state index contributed by atoms with van der Waals surface area (Å²) >= 11 is 0. The standard InChI is InChI=1S/C41H44N8O2/c1-3-37-36(38(4-2)49(47-37)34-11-6-5-7-12-34)26-45-41(43-21-20-30-16-19-39-40(24-30)51-23-22-50-39)44-25-33-10-8-9-13-35(33)32-17-14-31(15-18-32)27-48-29-42-28-46-48/h5-19,24,28-29H,3-4,20-23,25-27H2,1-2H3,(H2,43,44,45). The van der Waals surface area contributed by atoms with Crippen LogP contribution < -0.4 is 20.1 Å². The second kappa shape index (κ2) is 16.2. The number of benzene rings is 4. The van der Waals surface area contributed by atoms with Crippen LogP contribution in [0.5, 0.6) is 11.5 Å². The maximum atomic E-state index is 5.83. The minimum absolute atomic E-state index is 0.515. The molecule has 260 valence electrons. The van der Waals surface area contributed by atoms with Gasteiger partial charge in [0.05, 0.1) is 24.5 Å². The summed E-state index contributed by atoms with van der Waals surface area (Å²) in [5, 5.41) is 16.6. The molecule has 6 aromatic rings. The monoisotopic (exact) mass is 680 g/mol. The smallest absolute Gasteiger partial charge is 0.191 e. The number of aromatic nitrogens is 5. The second-order valence-electron chi connectivity index (χ2n) is 12.4. The van der Waals surface area contributed by atoms with Crippen LogP contribution in [0.4, 0.5) is 0 Å². The number of nitrogens with one attached hydrogen (secondary N) is 2. The number of hydrogen-bond acceptors (Lipinski definition) is 6. The minimum atomic E-state index is 0.515. The highest BCUT2D eigenvalue weighted by atomic mass is 16.6. The van der Waals surface area contributed by atoms with Crippen LogP contribution >= 0.6 is 0 Å². The van der Waals surface area contributed by atoms with Gasteiger partial charge in [0, 0.05) is 24.3 Å². The highest BCUT2D eigenvalue weighted by molar-refractivity contribution is 5.80. The Hall–Kier alpha value is -5.90. The van der Waals surface area contributed by atoms with Crippen molar-refractivity contribution in [2.24, 2.45) is 4.99 Å². The highest BCUT2D eigenvalue weighted by Crippen LogP contribution is 2.31. The van der Waals surface area contributed by atoms with Gasteiger partial charge in [0.1, 0.15) is 25.9 Å². The van der Waals surface area contributed by atoms with Crippen molar-refractivity contribution in [3.8, 4) is 28.3 Å². The Labute approximate surface area is 299 Å². The first-order valence-electron chi connectivity index (χ1n) is 17.7. The number of nitrogens with zero attached hydrogens (tertiary/aromatic N) is 6. The molecule has 10 nitrogen and oxygen atoms in total. The predicted octanol–water partition coefficient (Wildman–Crippen LogP) is 6.55. The average molecular weight is 681 g/mol. The van der Waals surface area contributed by atoms with Gasteiger partial charge in [-0.05, 0) is 71.3 Å². The molecule has 0 unspecified atom stereocenters. The molecule has 3 heterocycles. The van der Waals surface area contributed by atoms with E-state index in [2.05, 4.69) is 124 Å². The van der Waals surface area contributed by atoms with Crippen LogP contribution in [0.1, 0.15) is 47.5 Å². The van der Waals surface area contributed by atoms with Crippen molar-refractivity contribution in [3.63, 3.8) is 0 Å². The third kappa shape index (κ3) is 8.12. The van der Waals surface area contributed by atoms with E-state index in [0.29, 0.717) is 39.4 Å². The molecular formula is C41H44N8O2. The zero-order valence-corrected chi connectivity index (χ0v) is 29.3. The molecule has 0 saturated carbocycles. The molecule has 7 rings (SSSR count). The van der Waals surface area contributed by atoms with E-state index in [0.717, 1.165) is 64.8 Å². The van der Waals surface area contributed by atoms with Gasteiger partial charge in [-0.3, -0.25) is 0 Å². The molecule has 1 aliphatic heterocycles. The third-order valence-electron chi connectivity index (χ3n) is 9.09. The lowest BCUT2D eigenvalue weighted by molar-refractivity contribution is 0.171. The molecule has 51 heavy (non-hydrogen) atoms. The van der Waals surface area contributed by atoms with Gasteiger partial charge in [-0.25, -0.2) is 19.3 Å². The fourth-order valence-electron chi connectivity index (χ4n) is 6.48. The van der Waals surface area contributed by atoms with E-state index in [1.54, 1.807) is 12.7 Å². The van der Waals surface area contributed by atoms with Crippen LogP contribution in [0.3, 0.4) is 0 Å². The largest absolute Gasteiger partial charge is 0.486 e. The van der Waals surface area contributed by atoms with Crippen LogP contribution in [0, 0.1) is 0 Å². The summed E-state index contributed by atoms with van der Waals surface area (Å²) < 4.78 is 15.5. The van der Waals surface area contributed by atoms with Gasteiger partial charge in [-0.15, -0.1) is 0 Å². The molecule has 0 fully saturated rings. The molecule has 0 atom stereocenters. The number of rotatable bonds is 13. The zero-order valence-electron chi connectivity index (χ0n) is 29.3. The van der Waals surface area contributed by atoms with Gasteiger partial charge in [-0.1, -0.05) is 86.6 Å². The lowest BCUT2D eigenvalue weighted by Crippen LogP contribution is -2.38. The van der Waals surface area contributed by atoms with Gasteiger partial charge >= 0.3 is 0 Å². The fourth-order valence-corrected chi connectivity index (χ4v) is 6.48. The maximum Gasteiger partial charge on any atom is 0.191 e. The Balaban J connectivity index is 1.11. The lowest BCUT2D eigenvalue weighted by atomic mass is 9.98. The van der Waals surface area contributed by atoms with Crippen molar-refractivity contribution in [1.82, 2.24) is 35.2 Å². The Morgan fingerprint density at radius 3 is 2.39 bits per heavy atom. The van der Waals surface area contributed by atoms with Crippen LogP contribution in [0.25, 0.3) is 16.8 Å². The SMILES string of the molecule is CCc1nn(-c2ccccc2)c(CC)c1CNC(=NCc1ccccc1-c1ccc(Cn2cncn2)cc1)NCCc1ccc2c(c1)OCCO2. The van der Waals surface area contributed by atoms with E-state index in [9.17, 15) is 0 Å². The average Bonchev–Trinajstić information content (AvgIpc) is 3.84. The summed E-state index contributed by atoms with van der Waals surface area (Å²) in [5.74, 6) is 2.37. The number of aryl methyl sites for hydroxylation is 1. The number of guanidine groups is 1. The van der Waals surface area contributed by atoms with Gasteiger partial charge in [0.2, 0.25) is 0 Å². The molecule has 1 aliphatic rings. The molecule has 0 spiro atoms. The number of ether oxygens (including phenoxy) is 2. The fraction of sp³-hybridized carbons (Fsp3) is 0.268. The number of aliphatic imine (C=N–C) groups is 1. The van der Waals surface area contributed by atoms with E-state index in [1.165, 1.54) is 22.4 Å². The first-order valence-corrected chi connectivity index (χ1v) is 17.7. The van der Waals surface area contributed by atoms with Crippen molar-refractivity contribution in [2.45, 2.75) is 52.7 Å². The van der Waals surface area contributed by atoms with Crippen molar-refractivity contribution in [3.05, 3.63) is 143 Å². The summed E-state index contributed by atoms with van der Waals surface area (Å²) in [6, 6.07) is 33.7. The zero-order chi connectivity index (χ0) is 34.8. The highest BCUT2D eigenvalue weighted by Gasteiger charge is 2.18. The molecule has 2 N–H and O–H groups in total. The van der Waals surface area contributed by atoms with E-state index >= 15 is 0 Å². The summed E-state index contributed by atoms with van der Waals surface area (Å²) in [5.41, 5.74) is 10.4. The lowest BCUT2D eigenvalue weighted by Gasteiger charge is -2.19. The molecule has 0 amide bonds. The van der Waals surface area contributed by atoms with Crippen LogP contribution in [0.15, 0.2) is 115 Å². The normalized spacial score (nSPS) is 12.5. The molecule has 10 heteroatoms. The summed E-state index contributed by atoms with van der Waals surface area (Å²) in [6.07, 6.45) is 5.82. The number of fused-ring (bicyclic) bond motifs is 1. The van der Waals surface area contributed by atoms with Crippen LogP contribution in [-0.4, -0.2) is 50.3 Å². The topological polar surface area (TPSA) is 103 Å². The van der Waals surface area contributed by atoms with Gasteiger partial charge in [0.15, 0.2) is 17.5 Å². The molecule has 4 aromatic carbocycles. The second-order valence-corrected chi connectivity index (χ2v) is 12.4. The number of para-hydroxylation sites is 1. The van der Waals surface area contributed by atoms with Gasteiger partial charge in [0.25, 0.3) is 0 Å². The Bertz CT molecular complexity index is 2050. The van der Waals surface area contributed by atoms with Crippen LogP contribution in [-0.2, 0) is 38.9 Å². The Morgan fingerprint density at radius 1 is 0.824 bits per heavy atom. The molecule has 0 saturated heterocycles. The third-order valence-corrected chi connectivity index (χ3v) is 9.09. The first kappa shape index (κ1) is 33.6. The molecule has 0 bridgehead atoms. The molecule has 0 radical (unpaired) electrons. The van der Waals surface area contributed by atoms with Crippen molar-refractivity contribution in [1.29, 1.82) is 0 Å². The quantitative estimate of drug-likeness (QED) is 0.105. The number of hydrogen-bond donors (Lipinski definition) is 2. The van der Waals surface area contributed by atoms with E-state index < -0.39 is 0 Å². The predicted molar refractivity (Wildman–Crippen MR) is 200 cm³/mol. The summed E-state index contributed by atoms with van der Waals surface area (Å²) in [7, 11) is 0. The van der Waals surface area contributed by atoms with E-state index in [4.69, 9.17) is 19.6 Å². The maximum absolute atomic E-state index is 5.83. The van der Waals surface area contributed by atoms with Crippen molar-refractivity contribution < 1.29 is 9.47 Å². The molecule has 2 aromatic heterocycles. The molecular weight excluding hydrogens is 637 g/mol. The first-order chi connectivity index (χ1) is 25.2. The summed E-state index contributed by atoms with van der Waals surface area (Å²) in [6.45, 7) is 8.03. The Morgan fingerprint density at radius 2 is 1.61 bits per heavy atom. The van der Waals surface area contributed by atoms with Gasteiger partial charge in [-0.2, -0.15) is 10.2 Å². The van der Waals surface area contributed by atoms with Crippen LogP contribution in [0.2, 0.25) is 0 Å². The van der Waals surface area contributed by atoms with E-state index in [-0.39, 0.29) is 0 Å². The van der Waals surface area contributed by atoms with Crippen molar-refractivity contribution >= 4 is 5.96 Å². The van der Waals surface area contributed by atoms with Crippen molar-refractivity contribution in [2.75, 3.05) is 19.8 Å².